The minimum atomic E-state index is -0.712. The second-order valence-electron chi connectivity index (χ2n) is 6.45. The molecule has 7 heteroatoms. The molecule has 5 nitrogen and oxygen atoms in total. The summed E-state index contributed by atoms with van der Waals surface area (Å²) in [5.41, 5.74) is 2.52. The van der Waals surface area contributed by atoms with Crippen LogP contribution in [0, 0.1) is 0 Å². The molecule has 1 aliphatic rings. The lowest BCUT2D eigenvalue weighted by molar-refractivity contribution is 0.282. The van der Waals surface area contributed by atoms with Gasteiger partial charge in [0.25, 0.3) is 5.19 Å². The van der Waals surface area contributed by atoms with E-state index in [1.54, 1.807) is 12.5 Å². The van der Waals surface area contributed by atoms with Crippen molar-refractivity contribution >= 4 is 32.7 Å². The highest BCUT2D eigenvalue weighted by atomic mass is 32.1. The van der Waals surface area contributed by atoms with Gasteiger partial charge in [-0.2, -0.15) is 4.98 Å². The Morgan fingerprint density at radius 1 is 1.35 bits per heavy atom. The van der Waals surface area contributed by atoms with Crippen LogP contribution >= 0.6 is 11.3 Å². The fourth-order valence-electron chi connectivity index (χ4n) is 3.31. The molecule has 132 valence electrons. The van der Waals surface area contributed by atoms with Crippen molar-refractivity contribution in [1.29, 1.82) is 0 Å². The maximum atomic E-state index is 13.4. The van der Waals surface area contributed by atoms with Gasteiger partial charge in [0.2, 0.25) is 0 Å². The van der Waals surface area contributed by atoms with Crippen LogP contribution in [0.25, 0.3) is 21.3 Å². The summed E-state index contributed by atoms with van der Waals surface area (Å²) in [6, 6.07) is 9.60. The van der Waals surface area contributed by atoms with Gasteiger partial charge in [-0.1, -0.05) is 11.3 Å². The number of furan rings is 1. The van der Waals surface area contributed by atoms with E-state index in [1.807, 2.05) is 30.3 Å². The van der Waals surface area contributed by atoms with Gasteiger partial charge in [0.05, 0.1) is 11.0 Å². The number of fused-ring (bicyclic) bond motifs is 2. The van der Waals surface area contributed by atoms with Crippen LogP contribution in [0.15, 0.2) is 47.2 Å². The molecule has 1 aliphatic heterocycles. The number of alkyl halides is 1. The molecule has 0 N–H and O–H groups in total. The van der Waals surface area contributed by atoms with E-state index in [2.05, 4.69) is 14.9 Å². The Hall–Kier alpha value is -2.51. The van der Waals surface area contributed by atoms with E-state index in [1.165, 1.54) is 11.3 Å². The zero-order valence-electron chi connectivity index (χ0n) is 13.9. The molecule has 1 aromatic carbocycles. The lowest BCUT2D eigenvalue weighted by Crippen LogP contribution is -2.20. The summed E-state index contributed by atoms with van der Waals surface area (Å²) in [5, 5.41) is 1.58. The van der Waals surface area contributed by atoms with E-state index in [-0.39, 0.29) is 0 Å². The molecule has 1 atom stereocenters. The number of halogens is 1. The van der Waals surface area contributed by atoms with Crippen LogP contribution < -0.4 is 4.74 Å². The molecule has 26 heavy (non-hydrogen) atoms. The number of nitrogens with zero attached hydrogens (tertiary/aromatic N) is 3. The topological polar surface area (TPSA) is 51.4 Å². The van der Waals surface area contributed by atoms with Gasteiger partial charge in [-0.05, 0) is 30.7 Å². The Bertz CT molecular complexity index is 1040. The van der Waals surface area contributed by atoms with Crippen LogP contribution in [0.4, 0.5) is 4.39 Å². The second-order valence-corrected chi connectivity index (χ2v) is 7.44. The van der Waals surface area contributed by atoms with Gasteiger partial charge >= 0.3 is 0 Å². The Morgan fingerprint density at radius 3 is 3.15 bits per heavy atom. The molecule has 0 amide bonds. The van der Waals surface area contributed by atoms with E-state index in [4.69, 9.17) is 9.15 Å². The van der Waals surface area contributed by atoms with E-state index >= 15 is 0 Å². The maximum absolute atomic E-state index is 13.4. The largest absolute Gasteiger partial charge is 0.464 e. The summed E-state index contributed by atoms with van der Waals surface area (Å²) in [5.74, 6) is 0.669. The zero-order chi connectivity index (χ0) is 17.5. The molecular formula is C19H16FN3O2S. The first-order valence-corrected chi connectivity index (χ1v) is 9.32. The molecule has 3 aromatic heterocycles. The average Bonchev–Trinajstić information content (AvgIpc) is 3.34. The summed E-state index contributed by atoms with van der Waals surface area (Å²) < 4.78 is 25.9. The standard InChI is InChI=1S/C19H16FN3O2S/c20-13-5-7-23(10-13)9-12-11-24-16-8-14(3-4-15(12)16)25-19-22-18-17(26-19)2-1-6-21-18/h1-4,6,8,11,13H,5,7,9-10H2/t13-/m1/s1. The number of pyridine rings is 1. The third kappa shape index (κ3) is 2.93. The smallest absolute Gasteiger partial charge is 0.281 e. The van der Waals surface area contributed by atoms with Crippen LogP contribution in [0.5, 0.6) is 10.9 Å². The zero-order valence-corrected chi connectivity index (χ0v) is 14.7. The molecule has 0 spiro atoms. The summed E-state index contributed by atoms with van der Waals surface area (Å²) in [6.07, 6.45) is 3.37. The Kier molecular flexibility index (Phi) is 3.83. The van der Waals surface area contributed by atoms with Crippen molar-refractivity contribution in [2.45, 2.75) is 19.1 Å². The van der Waals surface area contributed by atoms with Gasteiger partial charge < -0.3 is 9.15 Å². The van der Waals surface area contributed by atoms with E-state index in [0.717, 1.165) is 27.8 Å². The van der Waals surface area contributed by atoms with Crippen molar-refractivity contribution in [3.63, 3.8) is 0 Å². The highest BCUT2D eigenvalue weighted by molar-refractivity contribution is 7.20. The SMILES string of the molecule is F[C@@H]1CCN(Cc2coc3cc(Oc4nc5ncccc5s4)ccc23)C1. The predicted molar refractivity (Wildman–Crippen MR) is 98.5 cm³/mol. The average molecular weight is 369 g/mol. The third-order valence-electron chi connectivity index (χ3n) is 4.59. The first kappa shape index (κ1) is 15.7. The molecule has 0 radical (unpaired) electrons. The summed E-state index contributed by atoms with van der Waals surface area (Å²) >= 11 is 1.46. The highest BCUT2D eigenvalue weighted by Crippen LogP contribution is 2.33. The number of aromatic nitrogens is 2. The molecule has 0 bridgehead atoms. The Labute approximate surface area is 153 Å². The molecule has 0 unspecified atom stereocenters. The number of hydrogen-bond acceptors (Lipinski definition) is 6. The first-order chi connectivity index (χ1) is 12.7. The molecule has 5 rings (SSSR count). The monoisotopic (exact) mass is 369 g/mol. The van der Waals surface area contributed by atoms with Gasteiger partial charge in [0.15, 0.2) is 5.65 Å². The van der Waals surface area contributed by atoms with E-state index < -0.39 is 6.17 Å². The van der Waals surface area contributed by atoms with Crippen LogP contribution in [-0.2, 0) is 6.54 Å². The van der Waals surface area contributed by atoms with Crippen LogP contribution in [0.2, 0.25) is 0 Å². The molecule has 1 fully saturated rings. The number of hydrogen-bond donors (Lipinski definition) is 0. The van der Waals surface area contributed by atoms with Crippen molar-refractivity contribution in [3.05, 3.63) is 48.4 Å². The van der Waals surface area contributed by atoms with Gasteiger partial charge in [-0.15, -0.1) is 0 Å². The normalized spacial score (nSPS) is 18.1. The number of thiazole rings is 1. The lowest BCUT2D eigenvalue weighted by Gasteiger charge is -2.13. The van der Waals surface area contributed by atoms with Crippen LogP contribution in [0.3, 0.4) is 0 Å². The molecule has 4 heterocycles. The minimum absolute atomic E-state index is 0.500. The van der Waals surface area contributed by atoms with Gasteiger partial charge in [-0.3, -0.25) is 4.90 Å². The maximum Gasteiger partial charge on any atom is 0.281 e. The van der Waals surface area contributed by atoms with Gasteiger partial charge in [0, 0.05) is 42.8 Å². The number of likely N-dealkylation sites (tertiary alicyclic amines) is 1. The summed E-state index contributed by atoms with van der Waals surface area (Å²) in [7, 11) is 0. The van der Waals surface area contributed by atoms with E-state index in [0.29, 0.717) is 36.1 Å². The Balaban J connectivity index is 1.38. The van der Waals surface area contributed by atoms with Crippen molar-refractivity contribution in [2.75, 3.05) is 13.1 Å². The van der Waals surface area contributed by atoms with Crippen LogP contribution in [0.1, 0.15) is 12.0 Å². The molecule has 1 saturated heterocycles. The van der Waals surface area contributed by atoms with Crippen molar-refractivity contribution in [1.82, 2.24) is 14.9 Å². The van der Waals surface area contributed by atoms with E-state index in [9.17, 15) is 4.39 Å². The van der Waals surface area contributed by atoms with Crippen LogP contribution in [-0.4, -0.2) is 34.1 Å². The Morgan fingerprint density at radius 2 is 2.31 bits per heavy atom. The van der Waals surface area contributed by atoms with Crippen molar-refractivity contribution < 1.29 is 13.5 Å². The quantitative estimate of drug-likeness (QED) is 0.518. The fraction of sp³-hybridized carbons (Fsp3) is 0.263. The predicted octanol–water partition coefficient (Wildman–Crippen LogP) is 4.77. The second kappa shape index (κ2) is 6.34. The van der Waals surface area contributed by atoms with Crippen molar-refractivity contribution in [2.24, 2.45) is 0 Å². The molecule has 0 aliphatic carbocycles. The lowest BCUT2D eigenvalue weighted by atomic mass is 10.1. The third-order valence-corrected chi connectivity index (χ3v) is 5.47. The molecular weight excluding hydrogens is 353 g/mol. The van der Waals surface area contributed by atoms with Gasteiger partial charge in [-0.25, -0.2) is 9.37 Å². The number of benzene rings is 1. The number of rotatable bonds is 4. The summed E-state index contributed by atoms with van der Waals surface area (Å²) in [6.45, 7) is 2.00. The van der Waals surface area contributed by atoms with Gasteiger partial charge in [0.1, 0.15) is 17.5 Å². The molecule has 4 aromatic rings. The minimum Gasteiger partial charge on any atom is -0.464 e. The summed E-state index contributed by atoms with van der Waals surface area (Å²) in [4.78, 5) is 10.7. The first-order valence-electron chi connectivity index (χ1n) is 8.50. The molecule has 0 saturated carbocycles. The highest BCUT2D eigenvalue weighted by Gasteiger charge is 2.22. The fourth-order valence-corrected chi connectivity index (χ4v) is 4.11. The number of ether oxygens (including phenoxy) is 1. The van der Waals surface area contributed by atoms with Crippen molar-refractivity contribution in [3.8, 4) is 10.9 Å².